The number of nitrogens with one attached hydrogen (secondary N) is 2. The number of carbonyl (C=O) groups is 1. The maximum Gasteiger partial charge on any atom is 0.315 e. The van der Waals surface area contributed by atoms with Gasteiger partial charge in [-0.15, -0.1) is 0 Å². The molecule has 1 aromatic carbocycles. The second kappa shape index (κ2) is 7.97. The van der Waals surface area contributed by atoms with Crippen molar-refractivity contribution in [2.24, 2.45) is 7.05 Å². The largest absolute Gasteiger partial charge is 0.335 e. The molecular weight excluding hydrogens is 302 g/mol. The van der Waals surface area contributed by atoms with Crippen LogP contribution in [-0.2, 0) is 20.1 Å². The molecule has 0 unspecified atom stereocenters. The number of carbonyl (C=O) groups excluding carboxylic acids is 1. The first-order valence-electron chi connectivity index (χ1n) is 8.48. The maximum absolute atomic E-state index is 12.0. The number of hydrogen-bond donors (Lipinski definition) is 2. The van der Waals surface area contributed by atoms with Gasteiger partial charge in [0.15, 0.2) is 0 Å². The predicted molar refractivity (Wildman–Crippen MR) is 93.3 cm³/mol. The Morgan fingerprint density at radius 2 is 1.96 bits per heavy atom. The molecule has 0 bridgehead atoms. The van der Waals surface area contributed by atoms with E-state index in [0.717, 1.165) is 38.2 Å². The fourth-order valence-electron chi connectivity index (χ4n) is 3.06. The summed E-state index contributed by atoms with van der Waals surface area (Å²) in [5, 5.41) is 10.1. The van der Waals surface area contributed by atoms with Crippen molar-refractivity contribution in [2.45, 2.75) is 32.0 Å². The molecule has 3 rings (SSSR count). The van der Waals surface area contributed by atoms with Crippen LogP contribution in [-0.4, -0.2) is 39.8 Å². The number of urea groups is 1. The van der Waals surface area contributed by atoms with Crippen molar-refractivity contribution in [1.82, 2.24) is 25.3 Å². The molecule has 1 saturated heterocycles. The summed E-state index contributed by atoms with van der Waals surface area (Å²) in [4.78, 5) is 14.5. The van der Waals surface area contributed by atoms with Crippen molar-refractivity contribution in [3.05, 3.63) is 53.9 Å². The molecule has 0 aliphatic carbocycles. The first kappa shape index (κ1) is 16.5. The van der Waals surface area contributed by atoms with Crippen LogP contribution in [0.1, 0.15) is 24.1 Å². The van der Waals surface area contributed by atoms with Gasteiger partial charge in [0, 0.05) is 38.9 Å². The number of piperidine rings is 1. The minimum absolute atomic E-state index is 0.0993. The van der Waals surface area contributed by atoms with Crippen molar-refractivity contribution in [3.8, 4) is 0 Å². The highest BCUT2D eigenvalue weighted by atomic mass is 16.2. The second-order valence-electron chi connectivity index (χ2n) is 6.31. The van der Waals surface area contributed by atoms with Gasteiger partial charge >= 0.3 is 6.03 Å². The molecule has 0 radical (unpaired) electrons. The van der Waals surface area contributed by atoms with E-state index in [1.807, 2.05) is 19.2 Å². The van der Waals surface area contributed by atoms with E-state index < -0.39 is 0 Å². The predicted octanol–water partition coefficient (Wildman–Crippen LogP) is 1.88. The molecule has 6 nitrogen and oxygen atoms in total. The molecule has 2 amide bonds. The third-order valence-electron chi connectivity index (χ3n) is 4.52. The Morgan fingerprint density at radius 3 is 2.62 bits per heavy atom. The molecule has 2 heterocycles. The average molecular weight is 327 g/mol. The lowest BCUT2D eigenvalue weighted by molar-refractivity contribution is 0.186. The average Bonchev–Trinajstić information content (AvgIpc) is 3.01. The molecule has 2 N–H and O–H groups in total. The second-order valence-corrected chi connectivity index (χ2v) is 6.31. The lowest BCUT2D eigenvalue weighted by Gasteiger charge is -2.32. The highest BCUT2D eigenvalue weighted by Gasteiger charge is 2.20. The summed E-state index contributed by atoms with van der Waals surface area (Å²) < 4.78 is 1.77. The summed E-state index contributed by atoms with van der Waals surface area (Å²) in [6, 6.07) is 12.6. The normalized spacial score (nSPS) is 16.0. The first-order chi connectivity index (χ1) is 11.7. The number of likely N-dealkylation sites (tertiary alicyclic amines) is 1. The molecule has 1 aromatic heterocycles. The van der Waals surface area contributed by atoms with Gasteiger partial charge < -0.3 is 10.6 Å². The fourth-order valence-corrected chi connectivity index (χ4v) is 3.06. The maximum atomic E-state index is 12.0. The van der Waals surface area contributed by atoms with E-state index in [0.29, 0.717) is 6.54 Å². The van der Waals surface area contributed by atoms with Gasteiger partial charge in [0.1, 0.15) is 0 Å². The van der Waals surface area contributed by atoms with Crippen molar-refractivity contribution in [2.75, 3.05) is 13.1 Å². The SMILES string of the molecule is Cn1nccc1CNC(=O)NC1CCN(Cc2ccccc2)CC1. The topological polar surface area (TPSA) is 62.2 Å². The minimum Gasteiger partial charge on any atom is -0.335 e. The van der Waals surface area contributed by atoms with E-state index in [9.17, 15) is 4.79 Å². The summed E-state index contributed by atoms with van der Waals surface area (Å²) in [5.41, 5.74) is 2.33. The van der Waals surface area contributed by atoms with Crippen LogP contribution in [0.2, 0.25) is 0 Å². The standard InChI is InChI=1S/C18H25N5O/c1-22-17(7-10-20-22)13-19-18(24)21-16-8-11-23(12-9-16)14-15-5-3-2-4-6-15/h2-7,10,16H,8-9,11-14H2,1H3,(H2,19,21,24). The van der Waals surface area contributed by atoms with Gasteiger partial charge in [-0.2, -0.15) is 5.10 Å². The molecule has 0 atom stereocenters. The third-order valence-corrected chi connectivity index (χ3v) is 4.52. The molecule has 0 saturated carbocycles. The highest BCUT2D eigenvalue weighted by Crippen LogP contribution is 2.13. The summed E-state index contributed by atoms with van der Waals surface area (Å²) in [5.74, 6) is 0. The Balaban J connectivity index is 1.37. The van der Waals surface area contributed by atoms with Crippen molar-refractivity contribution in [1.29, 1.82) is 0 Å². The van der Waals surface area contributed by atoms with Crippen molar-refractivity contribution < 1.29 is 4.79 Å². The van der Waals surface area contributed by atoms with Crippen LogP contribution in [0.25, 0.3) is 0 Å². The number of amides is 2. The van der Waals surface area contributed by atoms with Crippen LogP contribution < -0.4 is 10.6 Å². The van der Waals surface area contributed by atoms with E-state index in [1.54, 1.807) is 10.9 Å². The molecule has 128 valence electrons. The molecule has 24 heavy (non-hydrogen) atoms. The molecule has 1 aliphatic heterocycles. The fraction of sp³-hybridized carbons (Fsp3) is 0.444. The number of rotatable bonds is 5. The quantitative estimate of drug-likeness (QED) is 0.881. The number of benzene rings is 1. The van der Waals surface area contributed by atoms with Gasteiger partial charge in [-0.25, -0.2) is 4.79 Å². The zero-order chi connectivity index (χ0) is 16.8. The van der Waals surface area contributed by atoms with Crippen LogP contribution >= 0.6 is 0 Å². The van der Waals surface area contributed by atoms with Crippen LogP contribution in [0.15, 0.2) is 42.6 Å². The van der Waals surface area contributed by atoms with Gasteiger partial charge in [-0.3, -0.25) is 9.58 Å². The lowest BCUT2D eigenvalue weighted by atomic mass is 10.0. The number of aromatic nitrogens is 2. The zero-order valence-corrected chi connectivity index (χ0v) is 14.1. The van der Waals surface area contributed by atoms with Crippen molar-refractivity contribution >= 4 is 6.03 Å². The highest BCUT2D eigenvalue weighted by molar-refractivity contribution is 5.74. The van der Waals surface area contributed by atoms with E-state index in [1.165, 1.54) is 5.56 Å². The monoisotopic (exact) mass is 327 g/mol. The van der Waals surface area contributed by atoms with Gasteiger partial charge in [-0.05, 0) is 24.5 Å². The van der Waals surface area contributed by atoms with Gasteiger partial charge in [0.2, 0.25) is 0 Å². The number of hydrogen-bond acceptors (Lipinski definition) is 3. The molecule has 1 fully saturated rings. The summed E-state index contributed by atoms with van der Waals surface area (Å²) in [6.45, 7) is 3.51. The molecular formula is C18H25N5O. The first-order valence-corrected chi connectivity index (χ1v) is 8.48. The van der Waals surface area contributed by atoms with Crippen LogP contribution in [0.4, 0.5) is 4.79 Å². The molecule has 0 spiro atoms. The van der Waals surface area contributed by atoms with Crippen LogP contribution in [0.3, 0.4) is 0 Å². The van der Waals surface area contributed by atoms with Crippen molar-refractivity contribution in [3.63, 3.8) is 0 Å². The number of aryl methyl sites for hydroxylation is 1. The molecule has 1 aliphatic rings. The summed E-state index contributed by atoms with van der Waals surface area (Å²) in [6.07, 6.45) is 3.72. The van der Waals surface area contributed by atoms with Gasteiger partial charge in [0.25, 0.3) is 0 Å². The summed E-state index contributed by atoms with van der Waals surface area (Å²) >= 11 is 0. The van der Waals surface area contributed by atoms with E-state index in [4.69, 9.17) is 0 Å². The lowest BCUT2D eigenvalue weighted by Crippen LogP contribution is -2.47. The molecule has 6 heteroatoms. The van der Waals surface area contributed by atoms with E-state index in [2.05, 4.69) is 44.9 Å². The third kappa shape index (κ3) is 4.58. The summed E-state index contributed by atoms with van der Waals surface area (Å²) in [7, 11) is 1.87. The Morgan fingerprint density at radius 1 is 1.21 bits per heavy atom. The Kier molecular flexibility index (Phi) is 5.48. The Bertz CT molecular complexity index is 646. The minimum atomic E-state index is -0.0993. The van der Waals surface area contributed by atoms with Crippen LogP contribution in [0.5, 0.6) is 0 Å². The zero-order valence-electron chi connectivity index (χ0n) is 14.1. The Hall–Kier alpha value is -2.34. The van der Waals surface area contributed by atoms with Crippen LogP contribution in [0, 0.1) is 0 Å². The van der Waals surface area contributed by atoms with E-state index in [-0.39, 0.29) is 12.1 Å². The van der Waals surface area contributed by atoms with E-state index >= 15 is 0 Å². The smallest absolute Gasteiger partial charge is 0.315 e. The number of nitrogens with zero attached hydrogens (tertiary/aromatic N) is 3. The van der Waals surface area contributed by atoms with Gasteiger partial charge in [-0.1, -0.05) is 30.3 Å². The molecule has 2 aromatic rings. The Labute approximate surface area is 142 Å². The van der Waals surface area contributed by atoms with Gasteiger partial charge in [0.05, 0.1) is 12.2 Å².